The molecule has 0 amide bonds. The molecule has 0 bridgehead atoms. The van der Waals surface area contributed by atoms with Crippen LogP contribution in [0.25, 0.3) is 0 Å². The maximum absolute atomic E-state index is 13.3. The summed E-state index contributed by atoms with van der Waals surface area (Å²) in [4.78, 5) is 14.1. The Morgan fingerprint density at radius 2 is 2.07 bits per heavy atom. The maximum atomic E-state index is 13.3. The van der Waals surface area contributed by atoms with Crippen LogP contribution in [0.4, 0.5) is 18.9 Å². The number of carbonyl (C=O) groups excluding carboxylic acids is 1. The van der Waals surface area contributed by atoms with Gasteiger partial charge < -0.3 is 19.7 Å². The molecule has 0 spiro atoms. The van der Waals surface area contributed by atoms with Gasteiger partial charge in [-0.2, -0.15) is 13.2 Å². The number of nitrogens with zero attached hydrogens (tertiary/aromatic N) is 1. The summed E-state index contributed by atoms with van der Waals surface area (Å²) in [6.07, 6.45) is -3.47. The lowest BCUT2D eigenvalue weighted by Gasteiger charge is -2.57. The molecule has 4 atom stereocenters. The Kier molecular flexibility index (Phi) is 4.38. The van der Waals surface area contributed by atoms with Gasteiger partial charge in [0.1, 0.15) is 5.72 Å². The molecular formula is C19H23F3N2O3. The van der Waals surface area contributed by atoms with Crippen molar-refractivity contribution in [1.82, 2.24) is 5.32 Å². The van der Waals surface area contributed by atoms with Crippen molar-refractivity contribution in [2.24, 2.45) is 11.8 Å². The highest BCUT2D eigenvalue weighted by molar-refractivity contribution is 5.74. The van der Waals surface area contributed by atoms with Crippen molar-refractivity contribution in [3.63, 3.8) is 0 Å². The van der Waals surface area contributed by atoms with E-state index in [1.54, 1.807) is 13.2 Å². The third kappa shape index (κ3) is 2.72. The fourth-order valence-electron chi connectivity index (χ4n) is 5.17. The van der Waals surface area contributed by atoms with E-state index in [0.717, 1.165) is 11.6 Å². The average molecular weight is 384 g/mol. The molecule has 4 rings (SSSR count). The van der Waals surface area contributed by atoms with E-state index in [1.165, 1.54) is 13.2 Å². The van der Waals surface area contributed by atoms with Gasteiger partial charge in [0.2, 0.25) is 0 Å². The Labute approximate surface area is 155 Å². The first-order valence-corrected chi connectivity index (χ1v) is 9.14. The first-order valence-electron chi connectivity index (χ1n) is 9.14. The number of fused-ring (bicyclic) bond motifs is 6. The fourth-order valence-corrected chi connectivity index (χ4v) is 5.17. The topological polar surface area (TPSA) is 50.8 Å². The van der Waals surface area contributed by atoms with Gasteiger partial charge in [0.25, 0.3) is 0 Å². The van der Waals surface area contributed by atoms with Gasteiger partial charge in [-0.3, -0.25) is 4.79 Å². The Morgan fingerprint density at radius 3 is 2.74 bits per heavy atom. The van der Waals surface area contributed by atoms with Crippen molar-refractivity contribution in [2.75, 3.05) is 38.8 Å². The smallest absolute Gasteiger partial charge is 0.416 e. The van der Waals surface area contributed by atoms with Crippen LogP contribution in [0.2, 0.25) is 0 Å². The van der Waals surface area contributed by atoms with Crippen molar-refractivity contribution in [1.29, 1.82) is 0 Å². The number of piperidine rings is 1. The predicted molar refractivity (Wildman–Crippen MR) is 92.4 cm³/mol. The maximum Gasteiger partial charge on any atom is 0.416 e. The van der Waals surface area contributed by atoms with E-state index in [2.05, 4.69) is 5.32 Å². The molecule has 1 aromatic carbocycles. The molecule has 1 N–H and O–H groups in total. The van der Waals surface area contributed by atoms with E-state index in [0.29, 0.717) is 38.2 Å². The number of carbonyl (C=O) groups is 1. The zero-order valence-corrected chi connectivity index (χ0v) is 15.3. The van der Waals surface area contributed by atoms with Crippen LogP contribution < -0.4 is 10.2 Å². The van der Waals surface area contributed by atoms with Crippen molar-refractivity contribution in [3.8, 4) is 0 Å². The lowest BCUT2D eigenvalue weighted by molar-refractivity contribution is -0.154. The molecule has 3 heterocycles. The van der Waals surface area contributed by atoms with Crippen molar-refractivity contribution < 1.29 is 27.4 Å². The van der Waals surface area contributed by atoms with Crippen LogP contribution >= 0.6 is 0 Å². The number of nitrogens with one attached hydrogen (secondary N) is 1. The Hall–Kier alpha value is -1.80. The van der Waals surface area contributed by atoms with Crippen LogP contribution in [-0.2, 0) is 20.4 Å². The summed E-state index contributed by atoms with van der Waals surface area (Å²) in [5.41, 5.74) is 0.00978. The van der Waals surface area contributed by atoms with E-state index in [1.807, 2.05) is 4.90 Å². The minimum Gasteiger partial charge on any atom is -0.469 e. The number of anilines is 1. The van der Waals surface area contributed by atoms with Crippen LogP contribution in [0.5, 0.6) is 0 Å². The van der Waals surface area contributed by atoms with Gasteiger partial charge in [0, 0.05) is 50.7 Å². The standard InChI is InChI=1S/C19H23F3N2O3/c1-26-17(25)11-5-6-24-16-7-12(19(20,21)22)3-4-13(16)14-9-23-10-15(14)18(24,8-11)27-2/h3-4,7,11,14-15,23H,5-6,8-10H2,1-2H3/t11?,14?,15-,18?/m0/s1. The Bertz CT molecular complexity index is 754. The van der Waals surface area contributed by atoms with Gasteiger partial charge in [-0.1, -0.05) is 6.07 Å². The zero-order chi connectivity index (χ0) is 19.4. The molecule has 2 fully saturated rings. The molecule has 8 heteroatoms. The summed E-state index contributed by atoms with van der Waals surface area (Å²) in [5, 5.41) is 3.36. The third-order valence-corrected chi connectivity index (χ3v) is 6.43. The summed E-state index contributed by atoms with van der Waals surface area (Å²) < 4.78 is 50.9. The minimum absolute atomic E-state index is 0.0508. The number of methoxy groups -OCH3 is 2. The number of hydrogen-bond donors (Lipinski definition) is 1. The van der Waals surface area contributed by atoms with E-state index in [4.69, 9.17) is 9.47 Å². The monoisotopic (exact) mass is 384 g/mol. The van der Waals surface area contributed by atoms with Crippen LogP contribution in [0.3, 0.4) is 0 Å². The number of rotatable bonds is 2. The average Bonchev–Trinajstić information content (AvgIpc) is 3.16. The first-order chi connectivity index (χ1) is 12.8. The molecule has 0 saturated carbocycles. The second kappa shape index (κ2) is 6.38. The SMILES string of the molecule is COC(=O)C1CCN2c3cc(C(F)(F)F)ccc3C3CNC[C@@H]3C2(OC)C1. The normalized spacial score (nSPS) is 32.5. The van der Waals surface area contributed by atoms with Gasteiger partial charge in [-0.05, 0) is 24.1 Å². The quantitative estimate of drug-likeness (QED) is 0.795. The Balaban J connectivity index is 1.83. The van der Waals surface area contributed by atoms with Gasteiger partial charge in [0.05, 0.1) is 18.6 Å². The van der Waals surface area contributed by atoms with Gasteiger partial charge in [-0.25, -0.2) is 0 Å². The van der Waals surface area contributed by atoms with Crippen molar-refractivity contribution >= 4 is 11.7 Å². The van der Waals surface area contributed by atoms with Crippen LogP contribution in [0, 0.1) is 11.8 Å². The second-order valence-electron chi connectivity index (χ2n) is 7.56. The van der Waals surface area contributed by atoms with E-state index < -0.39 is 17.5 Å². The number of alkyl halides is 3. The summed E-state index contributed by atoms with van der Waals surface area (Å²) >= 11 is 0. The lowest BCUT2D eigenvalue weighted by Crippen LogP contribution is -2.64. The van der Waals surface area contributed by atoms with Crippen molar-refractivity contribution in [3.05, 3.63) is 29.3 Å². The molecular weight excluding hydrogens is 361 g/mol. The van der Waals surface area contributed by atoms with Crippen LogP contribution in [0.1, 0.15) is 29.9 Å². The number of esters is 1. The number of halogens is 3. The van der Waals surface area contributed by atoms with E-state index in [-0.39, 0.29) is 23.7 Å². The molecule has 0 aromatic heterocycles. The minimum atomic E-state index is -4.40. The molecule has 3 aliphatic heterocycles. The molecule has 0 radical (unpaired) electrons. The summed E-state index contributed by atoms with van der Waals surface area (Å²) in [6, 6.07) is 4.00. The number of ether oxygens (including phenoxy) is 2. The molecule has 148 valence electrons. The van der Waals surface area contributed by atoms with E-state index in [9.17, 15) is 18.0 Å². The lowest BCUT2D eigenvalue weighted by atomic mass is 9.70. The summed E-state index contributed by atoms with van der Waals surface area (Å²) in [5.74, 6) is -0.503. The van der Waals surface area contributed by atoms with Gasteiger partial charge in [-0.15, -0.1) is 0 Å². The third-order valence-electron chi connectivity index (χ3n) is 6.43. The zero-order valence-electron chi connectivity index (χ0n) is 15.3. The largest absolute Gasteiger partial charge is 0.469 e. The molecule has 3 aliphatic rings. The highest BCUT2D eigenvalue weighted by Gasteiger charge is 2.57. The summed E-state index contributed by atoms with van der Waals surface area (Å²) in [6.45, 7) is 1.83. The fraction of sp³-hybridized carbons (Fsp3) is 0.632. The molecule has 0 aliphatic carbocycles. The molecule has 2 saturated heterocycles. The highest BCUT2D eigenvalue weighted by Crippen LogP contribution is 2.54. The van der Waals surface area contributed by atoms with E-state index >= 15 is 0 Å². The van der Waals surface area contributed by atoms with Gasteiger partial charge >= 0.3 is 12.1 Å². The Morgan fingerprint density at radius 1 is 1.30 bits per heavy atom. The first kappa shape index (κ1) is 18.6. The van der Waals surface area contributed by atoms with Gasteiger partial charge in [0.15, 0.2) is 0 Å². The summed E-state index contributed by atoms with van der Waals surface area (Å²) in [7, 11) is 2.94. The van der Waals surface area contributed by atoms with Crippen LogP contribution in [0.15, 0.2) is 18.2 Å². The van der Waals surface area contributed by atoms with Crippen molar-refractivity contribution in [2.45, 2.75) is 30.7 Å². The highest BCUT2D eigenvalue weighted by atomic mass is 19.4. The molecule has 27 heavy (non-hydrogen) atoms. The predicted octanol–water partition coefficient (Wildman–Crippen LogP) is 2.75. The number of hydrogen-bond acceptors (Lipinski definition) is 5. The molecule has 5 nitrogen and oxygen atoms in total. The molecule has 1 aromatic rings. The molecule has 3 unspecified atom stereocenters. The number of benzene rings is 1. The van der Waals surface area contributed by atoms with Crippen LogP contribution in [-0.4, -0.2) is 45.5 Å². The second-order valence-corrected chi connectivity index (χ2v) is 7.56.